The zero-order valence-corrected chi connectivity index (χ0v) is 13.0. The molecule has 4 rings (SSSR count). The molecule has 0 saturated heterocycles. The molecule has 0 spiro atoms. The number of nitrogens with zero attached hydrogens (tertiary/aromatic N) is 2. The number of hydrogen-bond donors (Lipinski definition) is 1. The molecule has 0 radical (unpaired) electrons. The van der Waals surface area contributed by atoms with Crippen molar-refractivity contribution in [3.05, 3.63) is 48.0 Å². The Morgan fingerprint density at radius 1 is 1.09 bits per heavy atom. The molecular weight excluding hydrogens is 270 g/mol. The van der Waals surface area contributed by atoms with Crippen molar-refractivity contribution in [1.29, 1.82) is 0 Å². The van der Waals surface area contributed by atoms with Gasteiger partial charge in [0.05, 0.1) is 5.69 Å². The molecule has 3 nitrogen and oxygen atoms in total. The monoisotopic (exact) mass is 291 g/mol. The maximum atomic E-state index is 4.93. The molecule has 0 unspecified atom stereocenters. The lowest BCUT2D eigenvalue weighted by Gasteiger charge is -2.07. The van der Waals surface area contributed by atoms with Crippen LogP contribution in [-0.2, 0) is 13.0 Å². The van der Waals surface area contributed by atoms with E-state index in [4.69, 9.17) is 5.10 Å². The fourth-order valence-corrected chi connectivity index (χ4v) is 3.44. The summed E-state index contributed by atoms with van der Waals surface area (Å²) >= 11 is 0. The predicted octanol–water partition coefficient (Wildman–Crippen LogP) is 4.47. The van der Waals surface area contributed by atoms with Crippen LogP contribution >= 0.6 is 0 Å². The molecule has 2 aromatic carbocycles. The van der Waals surface area contributed by atoms with Crippen LogP contribution in [0.25, 0.3) is 22.0 Å². The van der Waals surface area contributed by atoms with Gasteiger partial charge in [-0.3, -0.25) is 0 Å². The normalized spacial score (nSPS) is 14.4. The van der Waals surface area contributed by atoms with Crippen molar-refractivity contribution in [3.63, 3.8) is 0 Å². The Bertz CT molecular complexity index is 811. The van der Waals surface area contributed by atoms with E-state index in [0.29, 0.717) is 0 Å². The fourth-order valence-electron chi connectivity index (χ4n) is 3.44. The van der Waals surface area contributed by atoms with Crippen molar-refractivity contribution >= 4 is 16.6 Å². The summed E-state index contributed by atoms with van der Waals surface area (Å²) in [5.74, 6) is 1.22. The number of nitrogens with one attached hydrogen (secondary N) is 1. The number of anilines is 1. The van der Waals surface area contributed by atoms with Gasteiger partial charge in [0.2, 0.25) is 0 Å². The zero-order valence-electron chi connectivity index (χ0n) is 13.0. The van der Waals surface area contributed by atoms with Crippen LogP contribution in [0.2, 0.25) is 0 Å². The third-order valence-corrected chi connectivity index (χ3v) is 4.54. The number of rotatable bonds is 2. The van der Waals surface area contributed by atoms with E-state index in [1.54, 1.807) is 0 Å². The lowest BCUT2D eigenvalue weighted by Crippen LogP contribution is -2.07. The molecule has 0 atom stereocenters. The van der Waals surface area contributed by atoms with Gasteiger partial charge in [0, 0.05) is 24.2 Å². The lowest BCUT2D eigenvalue weighted by molar-refractivity contribution is 0.665. The van der Waals surface area contributed by atoms with Crippen LogP contribution in [0.3, 0.4) is 0 Å². The molecule has 112 valence electrons. The van der Waals surface area contributed by atoms with Crippen LogP contribution in [0.15, 0.2) is 42.5 Å². The highest BCUT2D eigenvalue weighted by Crippen LogP contribution is 2.35. The van der Waals surface area contributed by atoms with Crippen LogP contribution < -0.4 is 5.32 Å². The van der Waals surface area contributed by atoms with Crippen molar-refractivity contribution in [2.24, 2.45) is 0 Å². The van der Waals surface area contributed by atoms with Gasteiger partial charge in [0.1, 0.15) is 5.82 Å². The standard InChI is InChI=1S/C19H21N3/c1-2-22-19-17(11-5-6-13-20-19)18(21-22)16-12-7-9-14-8-3-4-10-15(14)16/h3-4,7-10,12,20H,2,5-6,11,13H2,1H3. The third-order valence-electron chi connectivity index (χ3n) is 4.54. The largest absolute Gasteiger partial charge is 0.370 e. The fraction of sp³-hybridized carbons (Fsp3) is 0.316. The number of hydrogen-bond acceptors (Lipinski definition) is 2. The Morgan fingerprint density at radius 2 is 1.95 bits per heavy atom. The van der Waals surface area contributed by atoms with Crippen LogP contribution in [0.4, 0.5) is 5.82 Å². The highest BCUT2D eigenvalue weighted by molar-refractivity contribution is 5.97. The molecule has 22 heavy (non-hydrogen) atoms. The molecule has 0 bridgehead atoms. The van der Waals surface area contributed by atoms with E-state index in [1.807, 2.05) is 0 Å². The van der Waals surface area contributed by atoms with Gasteiger partial charge >= 0.3 is 0 Å². The first-order chi connectivity index (χ1) is 10.9. The maximum Gasteiger partial charge on any atom is 0.128 e. The summed E-state index contributed by atoms with van der Waals surface area (Å²) in [6, 6.07) is 15.1. The van der Waals surface area contributed by atoms with Gasteiger partial charge in [0.15, 0.2) is 0 Å². The second-order valence-electron chi connectivity index (χ2n) is 5.90. The average Bonchev–Trinajstić information content (AvgIpc) is 2.75. The number of aromatic nitrogens is 2. The summed E-state index contributed by atoms with van der Waals surface area (Å²) in [7, 11) is 0. The Labute approximate surface area is 131 Å². The Kier molecular flexibility index (Phi) is 3.34. The van der Waals surface area contributed by atoms with Crippen molar-refractivity contribution in [1.82, 2.24) is 9.78 Å². The van der Waals surface area contributed by atoms with Crippen molar-refractivity contribution in [2.45, 2.75) is 32.7 Å². The first kappa shape index (κ1) is 13.4. The topological polar surface area (TPSA) is 29.9 Å². The van der Waals surface area contributed by atoms with E-state index in [-0.39, 0.29) is 0 Å². The molecule has 0 fully saturated rings. The number of aryl methyl sites for hydroxylation is 1. The summed E-state index contributed by atoms with van der Waals surface area (Å²) in [5, 5.41) is 11.1. The smallest absolute Gasteiger partial charge is 0.128 e. The molecule has 0 saturated carbocycles. The van der Waals surface area contributed by atoms with Gasteiger partial charge in [-0.15, -0.1) is 0 Å². The zero-order chi connectivity index (χ0) is 14.9. The summed E-state index contributed by atoms with van der Waals surface area (Å²) in [6.07, 6.45) is 3.57. The van der Waals surface area contributed by atoms with E-state index < -0.39 is 0 Å². The summed E-state index contributed by atoms with van der Waals surface area (Å²) in [4.78, 5) is 0. The summed E-state index contributed by atoms with van der Waals surface area (Å²) < 4.78 is 2.12. The van der Waals surface area contributed by atoms with E-state index in [0.717, 1.165) is 25.2 Å². The van der Waals surface area contributed by atoms with Crippen LogP contribution in [0, 0.1) is 0 Å². The Morgan fingerprint density at radius 3 is 2.86 bits per heavy atom. The molecule has 1 N–H and O–H groups in total. The van der Waals surface area contributed by atoms with Gasteiger partial charge in [-0.25, -0.2) is 4.68 Å². The van der Waals surface area contributed by atoms with Gasteiger partial charge in [0.25, 0.3) is 0 Å². The van der Waals surface area contributed by atoms with E-state index in [9.17, 15) is 0 Å². The van der Waals surface area contributed by atoms with Gasteiger partial charge in [-0.1, -0.05) is 42.5 Å². The molecular formula is C19H21N3. The first-order valence-electron chi connectivity index (χ1n) is 8.20. The lowest BCUT2D eigenvalue weighted by atomic mass is 9.98. The third kappa shape index (κ3) is 2.08. The quantitative estimate of drug-likeness (QED) is 0.755. The molecule has 0 amide bonds. The molecule has 1 aliphatic heterocycles. The Balaban J connectivity index is 1.97. The first-order valence-corrected chi connectivity index (χ1v) is 8.20. The molecule has 0 aliphatic carbocycles. The molecule has 1 aromatic heterocycles. The van der Waals surface area contributed by atoms with E-state index in [2.05, 4.69) is 59.4 Å². The van der Waals surface area contributed by atoms with Gasteiger partial charge in [-0.05, 0) is 37.0 Å². The summed E-state index contributed by atoms with van der Waals surface area (Å²) in [5.41, 5.74) is 3.80. The van der Waals surface area contributed by atoms with Crippen LogP contribution in [0.5, 0.6) is 0 Å². The second-order valence-corrected chi connectivity index (χ2v) is 5.90. The molecule has 1 aliphatic rings. The second kappa shape index (κ2) is 5.48. The average molecular weight is 291 g/mol. The SMILES string of the molecule is CCn1nc(-c2cccc3ccccc23)c2c1NCCCC2. The summed E-state index contributed by atoms with van der Waals surface area (Å²) in [6.45, 7) is 4.11. The molecule has 2 heterocycles. The van der Waals surface area contributed by atoms with Gasteiger partial charge in [-0.2, -0.15) is 5.10 Å². The van der Waals surface area contributed by atoms with Crippen LogP contribution in [0.1, 0.15) is 25.3 Å². The minimum absolute atomic E-state index is 0.903. The highest BCUT2D eigenvalue weighted by atomic mass is 15.3. The minimum atomic E-state index is 0.903. The van der Waals surface area contributed by atoms with E-state index in [1.165, 1.54) is 40.6 Å². The number of benzene rings is 2. The van der Waals surface area contributed by atoms with Crippen molar-refractivity contribution in [3.8, 4) is 11.3 Å². The number of fused-ring (bicyclic) bond motifs is 2. The Hall–Kier alpha value is -2.29. The van der Waals surface area contributed by atoms with Crippen molar-refractivity contribution < 1.29 is 0 Å². The molecule has 3 aromatic rings. The van der Waals surface area contributed by atoms with Crippen LogP contribution in [-0.4, -0.2) is 16.3 Å². The maximum absolute atomic E-state index is 4.93. The van der Waals surface area contributed by atoms with Crippen molar-refractivity contribution in [2.75, 3.05) is 11.9 Å². The highest BCUT2D eigenvalue weighted by Gasteiger charge is 2.21. The molecule has 3 heteroatoms. The predicted molar refractivity (Wildman–Crippen MR) is 92.3 cm³/mol. The van der Waals surface area contributed by atoms with E-state index >= 15 is 0 Å². The minimum Gasteiger partial charge on any atom is -0.370 e. The van der Waals surface area contributed by atoms with Gasteiger partial charge < -0.3 is 5.32 Å².